The van der Waals surface area contributed by atoms with E-state index in [1.807, 2.05) is 121 Å². The Labute approximate surface area is 299 Å². The van der Waals surface area contributed by atoms with Gasteiger partial charge in [0.1, 0.15) is 36.1 Å². The molecule has 0 saturated carbocycles. The number of amides is 1. The molecule has 10 heteroatoms. The zero-order valence-corrected chi connectivity index (χ0v) is 29.3. The van der Waals surface area contributed by atoms with E-state index in [9.17, 15) is 14.7 Å². The van der Waals surface area contributed by atoms with E-state index in [0.717, 1.165) is 22.3 Å². The maximum Gasteiger partial charge on any atom is 0.408 e. The van der Waals surface area contributed by atoms with Crippen LogP contribution in [-0.4, -0.2) is 65.9 Å². The molecule has 1 heterocycles. The van der Waals surface area contributed by atoms with E-state index in [2.05, 4.69) is 5.32 Å². The predicted molar refractivity (Wildman–Crippen MR) is 191 cm³/mol. The molecule has 0 aliphatic carbocycles. The fraction of sp³-hybridized carbons (Fsp3) is 0.366. The Bertz CT molecular complexity index is 1620. The zero-order valence-electron chi connectivity index (χ0n) is 29.3. The summed E-state index contributed by atoms with van der Waals surface area (Å²) < 4.78 is 38.2. The Morgan fingerprint density at radius 2 is 1.06 bits per heavy atom. The van der Waals surface area contributed by atoms with Crippen molar-refractivity contribution in [3.63, 3.8) is 0 Å². The molecule has 2 N–H and O–H groups in total. The molecule has 1 amide bonds. The summed E-state index contributed by atoms with van der Waals surface area (Å²) >= 11 is 0. The first kappa shape index (κ1) is 37.7. The van der Waals surface area contributed by atoms with Gasteiger partial charge in [-0.3, -0.25) is 0 Å². The number of nitrogens with one attached hydrogen (secondary N) is 1. The molecule has 1 saturated heterocycles. The predicted octanol–water partition coefficient (Wildman–Crippen LogP) is 6.70. The summed E-state index contributed by atoms with van der Waals surface area (Å²) in [5.41, 5.74) is 2.79. The van der Waals surface area contributed by atoms with E-state index in [0.29, 0.717) is 6.61 Å². The fourth-order valence-electron chi connectivity index (χ4n) is 5.81. The molecule has 10 nitrogen and oxygen atoms in total. The van der Waals surface area contributed by atoms with E-state index in [1.165, 1.54) is 0 Å². The SMILES string of the molecule is CC(C)(C)OC(=O)N[C@@H](C(=O)O)[C@@H]1O[C@H](COCc2ccccc2)[C@@H](OCc2ccccc2)[C@H](OCc2ccccc2)[C@H]1OCc1ccccc1. The quantitative estimate of drug-likeness (QED) is 0.132. The van der Waals surface area contributed by atoms with E-state index < -0.39 is 54.2 Å². The molecule has 1 aliphatic heterocycles. The summed E-state index contributed by atoms with van der Waals surface area (Å²) in [6, 6.07) is 37.0. The van der Waals surface area contributed by atoms with Gasteiger partial charge < -0.3 is 38.8 Å². The summed E-state index contributed by atoms with van der Waals surface area (Å²) in [7, 11) is 0. The van der Waals surface area contributed by atoms with E-state index >= 15 is 0 Å². The monoisotopic (exact) mass is 697 g/mol. The number of carbonyl (C=O) groups excluding carboxylic acids is 1. The summed E-state index contributed by atoms with van der Waals surface area (Å²) in [4.78, 5) is 26.0. The standard InChI is InChI=1S/C41H47NO9/c1-41(2,3)51-40(45)42-34(39(43)44)36-38(49-27-32-22-14-7-15-23-32)37(48-26-31-20-12-6-13-21-31)35(47-25-30-18-10-5-11-19-30)33(50-36)28-46-24-29-16-8-4-9-17-29/h4-23,33-38H,24-28H2,1-3H3,(H,42,45)(H,43,44)/t33-,34-,35-,36+,37+,38+/m1/s1. The van der Waals surface area contributed by atoms with Gasteiger partial charge >= 0.3 is 12.1 Å². The van der Waals surface area contributed by atoms with Crippen LogP contribution in [0.2, 0.25) is 0 Å². The van der Waals surface area contributed by atoms with Gasteiger partial charge in [0.05, 0.1) is 33.0 Å². The molecule has 4 aromatic carbocycles. The minimum Gasteiger partial charge on any atom is -0.480 e. The van der Waals surface area contributed by atoms with Crippen LogP contribution in [0.4, 0.5) is 4.79 Å². The van der Waals surface area contributed by atoms with Crippen LogP contribution in [0.25, 0.3) is 0 Å². The van der Waals surface area contributed by atoms with Gasteiger partial charge in [-0.1, -0.05) is 121 Å². The number of alkyl carbamates (subject to hydrolysis) is 1. The highest BCUT2D eigenvalue weighted by molar-refractivity contribution is 5.80. The van der Waals surface area contributed by atoms with Gasteiger partial charge in [-0.2, -0.15) is 0 Å². The number of ether oxygens (including phenoxy) is 6. The molecule has 0 unspecified atom stereocenters. The topological polar surface area (TPSA) is 122 Å². The molecule has 6 atom stereocenters. The smallest absolute Gasteiger partial charge is 0.408 e. The van der Waals surface area contributed by atoms with Crippen molar-refractivity contribution < 1.29 is 43.1 Å². The Morgan fingerprint density at radius 3 is 1.49 bits per heavy atom. The number of hydrogen-bond donors (Lipinski definition) is 2. The first-order valence-electron chi connectivity index (χ1n) is 17.1. The van der Waals surface area contributed by atoms with Gasteiger partial charge in [0.2, 0.25) is 0 Å². The summed E-state index contributed by atoms with van der Waals surface area (Å²) in [5, 5.41) is 13.1. The Hall–Kier alpha value is -4.58. The molecule has 51 heavy (non-hydrogen) atoms. The van der Waals surface area contributed by atoms with Crippen LogP contribution in [0.3, 0.4) is 0 Å². The molecular weight excluding hydrogens is 650 g/mol. The molecule has 0 aromatic heterocycles. The minimum atomic E-state index is -1.57. The van der Waals surface area contributed by atoms with Gasteiger partial charge in [0.25, 0.3) is 0 Å². The van der Waals surface area contributed by atoms with Crippen molar-refractivity contribution in [1.82, 2.24) is 5.32 Å². The highest BCUT2D eigenvalue weighted by Crippen LogP contribution is 2.33. The van der Waals surface area contributed by atoms with E-state index in [4.69, 9.17) is 28.4 Å². The fourth-order valence-corrected chi connectivity index (χ4v) is 5.81. The molecule has 1 fully saturated rings. The molecule has 4 aromatic rings. The Balaban J connectivity index is 1.52. The second kappa shape index (κ2) is 18.6. The third-order valence-electron chi connectivity index (χ3n) is 8.19. The molecule has 5 rings (SSSR count). The van der Waals surface area contributed by atoms with Crippen molar-refractivity contribution in [3.05, 3.63) is 144 Å². The zero-order chi connectivity index (χ0) is 36.1. The highest BCUT2D eigenvalue weighted by atomic mass is 16.6. The minimum absolute atomic E-state index is 0.0419. The van der Waals surface area contributed by atoms with Crippen molar-refractivity contribution in [1.29, 1.82) is 0 Å². The van der Waals surface area contributed by atoms with Crippen LogP contribution >= 0.6 is 0 Å². The maximum atomic E-state index is 13.1. The molecule has 1 aliphatic rings. The Kier molecular flexibility index (Phi) is 13.7. The van der Waals surface area contributed by atoms with Crippen LogP contribution in [0.15, 0.2) is 121 Å². The van der Waals surface area contributed by atoms with Crippen LogP contribution in [0, 0.1) is 0 Å². The van der Waals surface area contributed by atoms with Crippen molar-refractivity contribution >= 4 is 12.1 Å². The largest absolute Gasteiger partial charge is 0.480 e. The first-order valence-corrected chi connectivity index (χ1v) is 17.1. The molecule has 0 radical (unpaired) electrons. The number of carboxylic acids is 1. The Morgan fingerprint density at radius 1 is 0.647 bits per heavy atom. The van der Waals surface area contributed by atoms with Crippen molar-refractivity contribution in [3.8, 4) is 0 Å². The normalized spacial score (nSPS) is 21.0. The average Bonchev–Trinajstić information content (AvgIpc) is 3.12. The molecule has 0 spiro atoms. The number of aliphatic carboxylic acids is 1. The van der Waals surface area contributed by atoms with Gasteiger partial charge in [-0.15, -0.1) is 0 Å². The lowest BCUT2D eigenvalue weighted by Crippen LogP contribution is -2.67. The van der Waals surface area contributed by atoms with Gasteiger partial charge in [0, 0.05) is 0 Å². The third-order valence-corrected chi connectivity index (χ3v) is 8.19. The summed E-state index contributed by atoms with van der Waals surface area (Å²) in [5.74, 6) is -1.33. The van der Waals surface area contributed by atoms with Crippen LogP contribution in [-0.2, 0) is 59.6 Å². The van der Waals surface area contributed by atoms with Crippen molar-refractivity contribution in [2.45, 2.75) is 89.4 Å². The molecular formula is C41H47NO9. The maximum absolute atomic E-state index is 13.1. The third kappa shape index (κ3) is 11.7. The lowest BCUT2D eigenvalue weighted by atomic mass is 9.90. The van der Waals surface area contributed by atoms with Gasteiger partial charge in [0.15, 0.2) is 6.04 Å². The molecule has 270 valence electrons. The van der Waals surface area contributed by atoms with Crippen LogP contribution in [0.1, 0.15) is 43.0 Å². The highest BCUT2D eigenvalue weighted by Gasteiger charge is 2.53. The van der Waals surface area contributed by atoms with Crippen molar-refractivity contribution in [2.75, 3.05) is 6.61 Å². The lowest BCUT2D eigenvalue weighted by molar-refractivity contribution is -0.276. The van der Waals surface area contributed by atoms with Crippen LogP contribution in [0.5, 0.6) is 0 Å². The van der Waals surface area contributed by atoms with E-state index in [-0.39, 0.29) is 26.4 Å². The first-order chi connectivity index (χ1) is 24.7. The second-order valence-corrected chi connectivity index (χ2v) is 13.4. The summed E-state index contributed by atoms with van der Waals surface area (Å²) in [6.45, 7) is 5.97. The number of carboxylic acid groups (broad SMARTS) is 1. The van der Waals surface area contributed by atoms with Gasteiger partial charge in [-0.05, 0) is 43.0 Å². The van der Waals surface area contributed by atoms with Crippen molar-refractivity contribution in [2.24, 2.45) is 0 Å². The molecule has 0 bridgehead atoms. The number of hydrogen-bond acceptors (Lipinski definition) is 8. The van der Waals surface area contributed by atoms with Crippen LogP contribution < -0.4 is 5.32 Å². The number of rotatable bonds is 16. The number of benzene rings is 4. The van der Waals surface area contributed by atoms with Gasteiger partial charge in [-0.25, -0.2) is 9.59 Å². The average molecular weight is 698 g/mol. The number of carbonyl (C=O) groups is 2. The van der Waals surface area contributed by atoms with E-state index in [1.54, 1.807) is 20.8 Å². The lowest BCUT2D eigenvalue weighted by Gasteiger charge is -2.47. The second-order valence-electron chi connectivity index (χ2n) is 13.4. The summed E-state index contributed by atoms with van der Waals surface area (Å²) in [6.07, 6.45) is -5.59.